The molecule has 38 heavy (non-hydrogen) atoms. The molecule has 4 rings (SSSR count). The van der Waals surface area contributed by atoms with Crippen LogP contribution in [0, 0.1) is 10.1 Å². The number of carbonyl (C=O) groups excluding carboxylic acids is 2. The summed E-state index contributed by atoms with van der Waals surface area (Å²) in [6, 6.07) is 18.2. The topological polar surface area (TPSA) is 108 Å². The summed E-state index contributed by atoms with van der Waals surface area (Å²) in [6.07, 6.45) is 1.62. The van der Waals surface area contributed by atoms with Crippen LogP contribution in [0.1, 0.15) is 18.1 Å². The number of thioether (sulfide) groups is 1. The molecule has 0 unspecified atom stereocenters. The van der Waals surface area contributed by atoms with Crippen molar-refractivity contribution in [1.29, 1.82) is 0 Å². The van der Waals surface area contributed by atoms with E-state index in [9.17, 15) is 19.7 Å². The first-order valence-corrected chi connectivity index (χ1v) is 12.8. The summed E-state index contributed by atoms with van der Waals surface area (Å²) in [4.78, 5) is 37.3. The Morgan fingerprint density at radius 1 is 1.00 bits per heavy atom. The Balaban J connectivity index is 1.42. The molecule has 0 bridgehead atoms. The van der Waals surface area contributed by atoms with Crippen molar-refractivity contribution < 1.29 is 28.7 Å². The Labute approximate surface area is 228 Å². The van der Waals surface area contributed by atoms with Gasteiger partial charge in [0.25, 0.3) is 16.8 Å². The van der Waals surface area contributed by atoms with E-state index in [4.69, 9.17) is 25.8 Å². The average molecular weight is 555 g/mol. The minimum absolute atomic E-state index is 0.0167. The lowest BCUT2D eigenvalue weighted by Crippen LogP contribution is -2.32. The molecule has 0 atom stereocenters. The monoisotopic (exact) mass is 554 g/mol. The number of nitro benzene ring substituents is 1. The molecule has 0 aromatic heterocycles. The molecule has 0 aliphatic carbocycles. The van der Waals surface area contributed by atoms with Gasteiger partial charge in [-0.15, -0.1) is 0 Å². The van der Waals surface area contributed by atoms with Gasteiger partial charge in [0.2, 0.25) is 0 Å². The third-order valence-corrected chi connectivity index (χ3v) is 6.51. The maximum atomic E-state index is 12.9. The number of benzene rings is 3. The normalized spacial score (nSPS) is 14.2. The highest BCUT2D eigenvalue weighted by Gasteiger charge is 2.34. The second-order valence-corrected chi connectivity index (χ2v) is 9.42. The van der Waals surface area contributed by atoms with Gasteiger partial charge < -0.3 is 14.2 Å². The number of nitro groups is 1. The van der Waals surface area contributed by atoms with Gasteiger partial charge in [-0.25, -0.2) is 0 Å². The molecule has 9 nitrogen and oxygen atoms in total. The standard InChI is InChI=1S/C27H23ClN2O7S/c1-2-35-24-15-18(6-11-23(24)37-17-19-4-3-5-21(14-19)30(33)34)16-25-26(31)29(27(32)38-25)12-13-36-22-9-7-20(28)8-10-22/h3-11,14-16H,2,12-13,17H2,1H3/b25-16-. The third kappa shape index (κ3) is 6.84. The van der Waals surface area contributed by atoms with E-state index in [-0.39, 0.29) is 35.6 Å². The molecule has 3 aromatic rings. The zero-order chi connectivity index (χ0) is 27.1. The predicted molar refractivity (Wildman–Crippen MR) is 145 cm³/mol. The van der Waals surface area contributed by atoms with Crippen molar-refractivity contribution in [2.75, 3.05) is 19.8 Å². The Kier molecular flexibility index (Phi) is 8.88. The van der Waals surface area contributed by atoms with E-state index in [1.54, 1.807) is 60.7 Å². The summed E-state index contributed by atoms with van der Waals surface area (Å²) >= 11 is 6.72. The summed E-state index contributed by atoms with van der Waals surface area (Å²) in [7, 11) is 0. The molecule has 1 fully saturated rings. The van der Waals surface area contributed by atoms with Crippen LogP contribution in [0.5, 0.6) is 17.2 Å². The highest BCUT2D eigenvalue weighted by Crippen LogP contribution is 2.35. The van der Waals surface area contributed by atoms with Gasteiger partial charge in [0.1, 0.15) is 19.0 Å². The van der Waals surface area contributed by atoms with E-state index < -0.39 is 10.8 Å². The lowest BCUT2D eigenvalue weighted by atomic mass is 10.1. The maximum absolute atomic E-state index is 12.9. The second kappa shape index (κ2) is 12.5. The van der Waals surface area contributed by atoms with E-state index in [0.717, 1.165) is 16.7 Å². The molecule has 1 aliphatic heterocycles. The van der Waals surface area contributed by atoms with Crippen LogP contribution in [0.4, 0.5) is 10.5 Å². The number of nitrogens with zero attached hydrogens (tertiary/aromatic N) is 2. The number of ether oxygens (including phenoxy) is 3. The number of imide groups is 1. The first-order valence-electron chi connectivity index (χ1n) is 11.6. The number of rotatable bonds is 11. The SMILES string of the molecule is CCOc1cc(/C=C2\SC(=O)N(CCOc3ccc(Cl)cc3)C2=O)ccc1OCc1cccc([N+](=O)[O-])c1. The van der Waals surface area contributed by atoms with Gasteiger partial charge in [-0.3, -0.25) is 24.6 Å². The number of halogens is 1. The van der Waals surface area contributed by atoms with E-state index in [1.165, 1.54) is 12.1 Å². The molecule has 0 saturated carbocycles. The van der Waals surface area contributed by atoms with Gasteiger partial charge in [0.15, 0.2) is 11.5 Å². The van der Waals surface area contributed by atoms with E-state index in [2.05, 4.69) is 0 Å². The molecular formula is C27H23ClN2O7S. The van der Waals surface area contributed by atoms with Crippen LogP contribution in [0.3, 0.4) is 0 Å². The van der Waals surface area contributed by atoms with Crippen molar-refractivity contribution in [2.45, 2.75) is 13.5 Å². The van der Waals surface area contributed by atoms with Crippen LogP contribution >= 0.6 is 23.4 Å². The maximum Gasteiger partial charge on any atom is 0.293 e. The quantitative estimate of drug-likeness (QED) is 0.153. The van der Waals surface area contributed by atoms with Gasteiger partial charge >= 0.3 is 0 Å². The van der Waals surface area contributed by atoms with Crippen LogP contribution < -0.4 is 14.2 Å². The number of non-ortho nitro benzene ring substituents is 1. The smallest absolute Gasteiger partial charge is 0.293 e. The van der Waals surface area contributed by atoms with Crippen molar-refractivity contribution in [2.24, 2.45) is 0 Å². The van der Waals surface area contributed by atoms with Crippen molar-refractivity contribution in [3.63, 3.8) is 0 Å². The fraction of sp³-hybridized carbons (Fsp3) is 0.185. The lowest BCUT2D eigenvalue weighted by molar-refractivity contribution is -0.384. The molecule has 1 aliphatic rings. The molecule has 0 N–H and O–H groups in total. The van der Waals surface area contributed by atoms with Crippen LogP contribution in [0.15, 0.2) is 71.6 Å². The van der Waals surface area contributed by atoms with Gasteiger partial charge in [-0.05, 0) is 72.3 Å². The van der Waals surface area contributed by atoms with Gasteiger partial charge in [-0.2, -0.15) is 0 Å². The third-order valence-electron chi connectivity index (χ3n) is 5.35. The fourth-order valence-corrected chi connectivity index (χ4v) is 4.54. The number of hydrogen-bond acceptors (Lipinski definition) is 8. The Bertz CT molecular complexity index is 1380. The van der Waals surface area contributed by atoms with Crippen LogP contribution in [-0.4, -0.2) is 40.7 Å². The van der Waals surface area contributed by atoms with Gasteiger partial charge in [0, 0.05) is 17.2 Å². The molecule has 11 heteroatoms. The molecule has 1 saturated heterocycles. The summed E-state index contributed by atoms with van der Waals surface area (Å²) in [5.41, 5.74) is 1.27. The first-order chi connectivity index (χ1) is 18.3. The Morgan fingerprint density at radius 2 is 1.79 bits per heavy atom. The molecule has 0 spiro atoms. The highest BCUT2D eigenvalue weighted by molar-refractivity contribution is 8.18. The van der Waals surface area contributed by atoms with E-state index in [0.29, 0.717) is 40.0 Å². The van der Waals surface area contributed by atoms with Crippen LogP contribution in [0.25, 0.3) is 6.08 Å². The Morgan fingerprint density at radius 3 is 2.53 bits per heavy atom. The van der Waals surface area contributed by atoms with Crippen LogP contribution in [0.2, 0.25) is 5.02 Å². The van der Waals surface area contributed by atoms with Gasteiger partial charge in [0.05, 0.1) is 23.0 Å². The Hall–Kier alpha value is -4.02. The van der Waals surface area contributed by atoms with Crippen molar-refractivity contribution in [1.82, 2.24) is 4.90 Å². The van der Waals surface area contributed by atoms with Crippen molar-refractivity contribution in [3.8, 4) is 17.2 Å². The van der Waals surface area contributed by atoms with Crippen molar-refractivity contribution >= 4 is 46.3 Å². The zero-order valence-corrected chi connectivity index (χ0v) is 21.9. The molecular weight excluding hydrogens is 532 g/mol. The summed E-state index contributed by atoms with van der Waals surface area (Å²) < 4.78 is 17.2. The van der Waals surface area contributed by atoms with Gasteiger partial charge in [-0.1, -0.05) is 29.8 Å². The summed E-state index contributed by atoms with van der Waals surface area (Å²) in [6.45, 7) is 2.57. The van der Waals surface area contributed by atoms with E-state index >= 15 is 0 Å². The number of hydrogen-bond donors (Lipinski definition) is 0. The fourth-order valence-electron chi connectivity index (χ4n) is 3.55. The first kappa shape index (κ1) is 27.0. The largest absolute Gasteiger partial charge is 0.492 e. The van der Waals surface area contributed by atoms with Crippen LogP contribution in [-0.2, 0) is 11.4 Å². The highest BCUT2D eigenvalue weighted by atomic mass is 35.5. The lowest BCUT2D eigenvalue weighted by Gasteiger charge is -2.13. The second-order valence-electron chi connectivity index (χ2n) is 7.99. The molecule has 0 radical (unpaired) electrons. The molecule has 196 valence electrons. The molecule has 2 amide bonds. The molecule has 1 heterocycles. The van der Waals surface area contributed by atoms with Crippen molar-refractivity contribution in [3.05, 3.63) is 97.9 Å². The minimum atomic E-state index is -0.460. The summed E-state index contributed by atoms with van der Waals surface area (Å²) in [5, 5.41) is 11.2. The minimum Gasteiger partial charge on any atom is -0.492 e. The zero-order valence-electron chi connectivity index (χ0n) is 20.3. The number of amides is 2. The molecule has 3 aromatic carbocycles. The number of carbonyl (C=O) groups is 2. The average Bonchev–Trinajstić information content (AvgIpc) is 3.17. The predicted octanol–water partition coefficient (Wildman–Crippen LogP) is 6.34. The van der Waals surface area contributed by atoms with E-state index in [1.807, 2.05) is 6.92 Å². The summed E-state index contributed by atoms with van der Waals surface area (Å²) in [5.74, 6) is 1.09.